The summed E-state index contributed by atoms with van der Waals surface area (Å²) >= 11 is 0. The fourth-order valence-electron chi connectivity index (χ4n) is 0.968. The molecule has 0 spiro atoms. The largest absolute Gasteiger partial charge is 0.481 e. The van der Waals surface area contributed by atoms with E-state index in [4.69, 9.17) is 14.9 Å². The number of aliphatic hydroxyl groups excluding tert-OH is 1. The third-order valence-corrected chi connectivity index (χ3v) is 1.86. The normalized spacial score (nSPS) is 32.5. The first kappa shape index (κ1) is 7.50. The van der Waals surface area contributed by atoms with Crippen LogP contribution in [0.3, 0.4) is 0 Å². The molecule has 0 amide bonds. The van der Waals surface area contributed by atoms with Gasteiger partial charge in [-0.2, -0.15) is 0 Å². The minimum atomic E-state index is -1.01. The van der Waals surface area contributed by atoms with Gasteiger partial charge in [0.25, 0.3) is 0 Å². The number of aliphatic hydroxyl groups is 1. The first-order chi connectivity index (χ1) is 4.71. The van der Waals surface area contributed by atoms with Gasteiger partial charge < -0.3 is 14.9 Å². The van der Waals surface area contributed by atoms with Crippen LogP contribution in [0.2, 0.25) is 0 Å². The van der Waals surface area contributed by atoms with Crippen LogP contribution in [0.5, 0.6) is 0 Å². The lowest BCUT2D eigenvalue weighted by Gasteiger charge is -2.17. The molecule has 0 saturated carbocycles. The highest BCUT2D eigenvalue weighted by Gasteiger charge is 2.41. The second-order valence-corrected chi connectivity index (χ2v) is 2.55. The van der Waals surface area contributed by atoms with Crippen molar-refractivity contribution in [1.29, 1.82) is 0 Å². The highest BCUT2D eigenvalue weighted by molar-refractivity contribution is 5.75. The number of carboxylic acid groups (broad SMARTS) is 1. The topological polar surface area (TPSA) is 66.8 Å². The van der Waals surface area contributed by atoms with Gasteiger partial charge in [-0.3, -0.25) is 4.79 Å². The Hall–Kier alpha value is -0.610. The van der Waals surface area contributed by atoms with Crippen molar-refractivity contribution in [2.24, 2.45) is 5.41 Å². The highest BCUT2D eigenvalue weighted by atomic mass is 16.5. The standard InChI is InChI=1S/C6H10O4/c7-3-6(5(8)9)1-2-10-4-6/h7H,1-4H2,(H,8,9). The van der Waals surface area contributed by atoms with E-state index in [1.807, 2.05) is 0 Å². The third-order valence-electron chi connectivity index (χ3n) is 1.86. The molecular formula is C6H10O4. The molecule has 2 N–H and O–H groups in total. The van der Waals surface area contributed by atoms with Crippen molar-refractivity contribution in [3.63, 3.8) is 0 Å². The predicted octanol–water partition coefficient (Wildman–Crippen LogP) is -0.530. The van der Waals surface area contributed by atoms with Gasteiger partial charge in [-0.15, -0.1) is 0 Å². The second kappa shape index (κ2) is 2.56. The first-order valence-electron chi connectivity index (χ1n) is 3.13. The van der Waals surface area contributed by atoms with Gasteiger partial charge in [0.05, 0.1) is 13.2 Å². The molecule has 0 aromatic rings. The molecule has 1 saturated heterocycles. The lowest BCUT2D eigenvalue weighted by atomic mass is 9.89. The van der Waals surface area contributed by atoms with Crippen molar-refractivity contribution < 1.29 is 19.7 Å². The number of ether oxygens (including phenoxy) is 1. The number of carbonyl (C=O) groups is 1. The molecule has 0 radical (unpaired) electrons. The van der Waals surface area contributed by atoms with E-state index in [-0.39, 0.29) is 13.2 Å². The molecular weight excluding hydrogens is 136 g/mol. The van der Waals surface area contributed by atoms with Crippen molar-refractivity contribution in [3.8, 4) is 0 Å². The van der Waals surface area contributed by atoms with Crippen LogP contribution in [0.4, 0.5) is 0 Å². The molecule has 0 aliphatic carbocycles. The molecule has 0 aromatic carbocycles. The Balaban J connectivity index is 2.67. The van der Waals surface area contributed by atoms with Gasteiger partial charge in [-0.1, -0.05) is 0 Å². The molecule has 0 bridgehead atoms. The Morgan fingerprint density at radius 3 is 2.60 bits per heavy atom. The van der Waals surface area contributed by atoms with Gasteiger partial charge in [-0.25, -0.2) is 0 Å². The molecule has 1 aliphatic heterocycles. The van der Waals surface area contributed by atoms with E-state index >= 15 is 0 Å². The van der Waals surface area contributed by atoms with Crippen molar-refractivity contribution in [2.45, 2.75) is 6.42 Å². The summed E-state index contributed by atoms with van der Waals surface area (Å²) in [6.07, 6.45) is 0.416. The molecule has 1 fully saturated rings. The Labute approximate surface area is 58.4 Å². The Morgan fingerprint density at radius 1 is 1.70 bits per heavy atom. The van der Waals surface area contributed by atoms with Gasteiger partial charge in [-0.05, 0) is 6.42 Å². The summed E-state index contributed by atoms with van der Waals surface area (Å²) in [6, 6.07) is 0. The van der Waals surface area contributed by atoms with Crippen LogP contribution in [0, 0.1) is 5.41 Å². The fourth-order valence-corrected chi connectivity index (χ4v) is 0.968. The predicted molar refractivity (Wildman–Crippen MR) is 32.6 cm³/mol. The van der Waals surface area contributed by atoms with E-state index in [0.29, 0.717) is 13.0 Å². The molecule has 1 rings (SSSR count). The lowest BCUT2D eigenvalue weighted by molar-refractivity contribution is -0.151. The number of carboxylic acids is 1. The summed E-state index contributed by atoms with van der Waals surface area (Å²) < 4.78 is 4.87. The molecule has 1 atom stereocenters. The number of rotatable bonds is 2. The molecule has 1 heterocycles. The summed E-state index contributed by atoms with van der Waals surface area (Å²) in [6.45, 7) is 0.244. The average molecular weight is 146 g/mol. The van der Waals surface area contributed by atoms with Crippen molar-refractivity contribution >= 4 is 5.97 Å². The first-order valence-corrected chi connectivity index (χ1v) is 3.13. The molecule has 0 aromatic heterocycles. The van der Waals surface area contributed by atoms with E-state index in [1.165, 1.54) is 0 Å². The van der Waals surface area contributed by atoms with Crippen LogP contribution in [0.1, 0.15) is 6.42 Å². The summed E-state index contributed by atoms with van der Waals surface area (Å²) in [4.78, 5) is 10.5. The van der Waals surface area contributed by atoms with Crippen LogP contribution >= 0.6 is 0 Å². The maximum atomic E-state index is 10.5. The van der Waals surface area contributed by atoms with Crippen molar-refractivity contribution in [3.05, 3.63) is 0 Å². The molecule has 1 unspecified atom stereocenters. The number of hydrogen-bond donors (Lipinski definition) is 2. The van der Waals surface area contributed by atoms with Gasteiger partial charge >= 0.3 is 5.97 Å². The van der Waals surface area contributed by atoms with Gasteiger partial charge in [0.2, 0.25) is 0 Å². The van der Waals surface area contributed by atoms with Crippen LogP contribution in [-0.2, 0) is 9.53 Å². The average Bonchev–Trinajstić information content (AvgIpc) is 2.35. The lowest BCUT2D eigenvalue weighted by Crippen LogP contribution is -2.35. The quantitative estimate of drug-likeness (QED) is 0.549. The Morgan fingerprint density at radius 2 is 2.40 bits per heavy atom. The minimum Gasteiger partial charge on any atom is -0.481 e. The van der Waals surface area contributed by atoms with Crippen molar-refractivity contribution in [2.75, 3.05) is 19.8 Å². The minimum absolute atomic E-state index is 0.138. The maximum absolute atomic E-state index is 10.5. The summed E-state index contributed by atoms with van der Waals surface area (Å²) in [5.74, 6) is -0.965. The van der Waals surface area contributed by atoms with Gasteiger partial charge in [0.1, 0.15) is 5.41 Å². The molecule has 58 valence electrons. The number of hydrogen-bond acceptors (Lipinski definition) is 3. The summed E-state index contributed by atoms with van der Waals surface area (Å²) in [5.41, 5.74) is -1.01. The fraction of sp³-hybridized carbons (Fsp3) is 0.833. The number of aliphatic carboxylic acids is 1. The summed E-state index contributed by atoms with van der Waals surface area (Å²) in [5, 5.41) is 17.3. The SMILES string of the molecule is O=C(O)C1(CO)CCOC1. The second-order valence-electron chi connectivity index (χ2n) is 2.55. The van der Waals surface area contributed by atoms with Crippen LogP contribution in [-0.4, -0.2) is 36.0 Å². The highest BCUT2D eigenvalue weighted by Crippen LogP contribution is 2.27. The molecule has 10 heavy (non-hydrogen) atoms. The van der Waals surface area contributed by atoms with Crippen LogP contribution in [0.15, 0.2) is 0 Å². The van der Waals surface area contributed by atoms with E-state index in [0.717, 1.165) is 0 Å². The monoisotopic (exact) mass is 146 g/mol. The van der Waals surface area contributed by atoms with Gasteiger partial charge in [0.15, 0.2) is 0 Å². The van der Waals surface area contributed by atoms with Crippen LogP contribution in [0.25, 0.3) is 0 Å². The third kappa shape index (κ3) is 0.998. The zero-order valence-corrected chi connectivity index (χ0v) is 5.54. The summed E-state index contributed by atoms with van der Waals surface area (Å²) in [7, 11) is 0. The smallest absolute Gasteiger partial charge is 0.314 e. The Bertz CT molecular complexity index is 137. The van der Waals surface area contributed by atoms with Crippen molar-refractivity contribution in [1.82, 2.24) is 0 Å². The Kier molecular flexibility index (Phi) is 1.92. The van der Waals surface area contributed by atoms with E-state index in [9.17, 15) is 4.79 Å². The van der Waals surface area contributed by atoms with Gasteiger partial charge in [0, 0.05) is 6.61 Å². The van der Waals surface area contributed by atoms with Crippen LogP contribution < -0.4 is 0 Å². The van der Waals surface area contributed by atoms with E-state index in [2.05, 4.69) is 0 Å². The molecule has 4 nitrogen and oxygen atoms in total. The zero-order valence-electron chi connectivity index (χ0n) is 5.54. The van der Waals surface area contributed by atoms with E-state index < -0.39 is 11.4 Å². The maximum Gasteiger partial charge on any atom is 0.314 e. The zero-order chi connectivity index (χ0) is 7.61. The molecule has 4 heteroatoms. The van der Waals surface area contributed by atoms with E-state index in [1.54, 1.807) is 0 Å². The molecule has 1 aliphatic rings.